The second kappa shape index (κ2) is 5.65. The summed E-state index contributed by atoms with van der Waals surface area (Å²) in [5.41, 5.74) is 0.988. The van der Waals surface area contributed by atoms with E-state index in [0.717, 1.165) is 22.4 Å². The lowest BCUT2D eigenvalue weighted by Gasteiger charge is -2.09. The van der Waals surface area contributed by atoms with E-state index in [-0.39, 0.29) is 6.42 Å². The molecule has 0 amide bonds. The third-order valence-corrected chi connectivity index (χ3v) is 3.07. The Labute approximate surface area is 111 Å². The lowest BCUT2D eigenvalue weighted by molar-refractivity contribution is -0.137. The number of methoxy groups -OCH3 is 2. The first-order valence-electron chi connectivity index (χ1n) is 6.08. The molecule has 0 aliphatic heterocycles. The van der Waals surface area contributed by atoms with Crippen LogP contribution < -0.4 is 9.47 Å². The number of ether oxygens (including phenoxy) is 2. The van der Waals surface area contributed by atoms with Gasteiger partial charge in [0.15, 0.2) is 0 Å². The molecule has 0 spiro atoms. The lowest BCUT2D eigenvalue weighted by Crippen LogP contribution is -2.01. The van der Waals surface area contributed by atoms with Gasteiger partial charge in [-0.25, -0.2) is 0 Å². The van der Waals surface area contributed by atoms with Gasteiger partial charge in [-0.3, -0.25) is 4.79 Å². The number of hydrogen-bond acceptors (Lipinski definition) is 3. The van der Waals surface area contributed by atoms with Gasteiger partial charge in [-0.05, 0) is 12.5 Å². The minimum absolute atomic E-state index is 0.167. The molecule has 1 aromatic heterocycles. The summed E-state index contributed by atoms with van der Waals surface area (Å²) in [7, 11) is 3.23. The Kier molecular flexibility index (Phi) is 3.94. The average Bonchev–Trinajstić information content (AvgIpc) is 2.80. The SMILES string of the molecule is COc1cc(OC)c2ccn(CCCC(=O)O)c2c1. The average molecular weight is 263 g/mol. The highest BCUT2D eigenvalue weighted by Gasteiger charge is 2.09. The van der Waals surface area contributed by atoms with Crippen LogP contribution in [0.3, 0.4) is 0 Å². The molecule has 19 heavy (non-hydrogen) atoms. The molecule has 0 unspecified atom stereocenters. The number of hydrogen-bond donors (Lipinski definition) is 1. The molecule has 1 aromatic carbocycles. The van der Waals surface area contributed by atoms with Gasteiger partial charge in [0.05, 0.1) is 19.7 Å². The summed E-state index contributed by atoms with van der Waals surface area (Å²) >= 11 is 0. The number of carboxylic acid groups (broad SMARTS) is 1. The second-order valence-electron chi connectivity index (χ2n) is 4.27. The number of nitrogens with zero attached hydrogens (tertiary/aromatic N) is 1. The van der Waals surface area contributed by atoms with E-state index in [9.17, 15) is 4.79 Å². The van der Waals surface area contributed by atoms with Crippen LogP contribution in [0.15, 0.2) is 24.4 Å². The van der Waals surface area contributed by atoms with E-state index < -0.39 is 5.97 Å². The van der Waals surface area contributed by atoms with Gasteiger partial charge in [0.1, 0.15) is 11.5 Å². The van der Waals surface area contributed by atoms with Crippen LogP contribution >= 0.6 is 0 Å². The molecule has 1 heterocycles. The monoisotopic (exact) mass is 263 g/mol. The predicted octanol–water partition coefficient (Wildman–Crippen LogP) is 2.52. The highest BCUT2D eigenvalue weighted by atomic mass is 16.5. The van der Waals surface area contributed by atoms with Crippen molar-refractivity contribution >= 4 is 16.9 Å². The van der Waals surface area contributed by atoms with Crippen molar-refractivity contribution in [2.75, 3.05) is 14.2 Å². The van der Waals surface area contributed by atoms with Gasteiger partial charge in [-0.15, -0.1) is 0 Å². The minimum atomic E-state index is -0.772. The Morgan fingerprint density at radius 3 is 2.74 bits per heavy atom. The number of benzene rings is 1. The van der Waals surface area contributed by atoms with E-state index >= 15 is 0 Å². The van der Waals surface area contributed by atoms with Crippen LogP contribution in [0.1, 0.15) is 12.8 Å². The summed E-state index contributed by atoms with van der Waals surface area (Å²) in [6, 6.07) is 5.73. The Balaban J connectivity index is 2.32. The normalized spacial score (nSPS) is 10.6. The van der Waals surface area contributed by atoms with Gasteiger partial charge in [0.25, 0.3) is 0 Å². The zero-order valence-corrected chi connectivity index (χ0v) is 11.0. The zero-order chi connectivity index (χ0) is 13.8. The fraction of sp³-hybridized carbons (Fsp3) is 0.357. The maximum absolute atomic E-state index is 10.5. The van der Waals surface area contributed by atoms with E-state index in [1.54, 1.807) is 14.2 Å². The fourth-order valence-corrected chi connectivity index (χ4v) is 2.12. The molecular formula is C14H17NO4. The van der Waals surface area contributed by atoms with Crippen molar-refractivity contribution in [1.82, 2.24) is 4.57 Å². The molecule has 5 heteroatoms. The largest absolute Gasteiger partial charge is 0.497 e. The number of aromatic nitrogens is 1. The van der Waals surface area contributed by atoms with Gasteiger partial charge in [-0.1, -0.05) is 0 Å². The van der Waals surface area contributed by atoms with Crippen LogP contribution in [0.25, 0.3) is 10.9 Å². The quantitative estimate of drug-likeness (QED) is 0.870. The highest BCUT2D eigenvalue weighted by molar-refractivity contribution is 5.88. The number of carboxylic acids is 1. The molecule has 0 bridgehead atoms. The van der Waals surface area contributed by atoms with Gasteiger partial charge >= 0.3 is 5.97 Å². The standard InChI is InChI=1S/C14H17NO4/c1-18-10-8-12-11(13(9-10)19-2)5-7-15(12)6-3-4-14(16)17/h5,7-9H,3-4,6H2,1-2H3,(H,16,17). The molecule has 1 N–H and O–H groups in total. The van der Waals surface area contributed by atoms with Crippen molar-refractivity contribution in [2.45, 2.75) is 19.4 Å². The smallest absolute Gasteiger partial charge is 0.303 e. The van der Waals surface area contributed by atoms with Crippen LogP contribution in [-0.4, -0.2) is 29.9 Å². The first kappa shape index (κ1) is 13.3. The summed E-state index contributed by atoms with van der Waals surface area (Å²) in [5.74, 6) is 0.709. The third kappa shape index (κ3) is 2.81. The fourth-order valence-electron chi connectivity index (χ4n) is 2.12. The van der Waals surface area contributed by atoms with Gasteiger partial charge in [0, 0.05) is 36.7 Å². The molecule has 5 nitrogen and oxygen atoms in total. The first-order valence-corrected chi connectivity index (χ1v) is 6.08. The lowest BCUT2D eigenvalue weighted by atomic mass is 10.2. The summed E-state index contributed by atoms with van der Waals surface area (Å²) < 4.78 is 12.6. The third-order valence-electron chi connectivity index (χ3n) is 3.07. The van der Waals surface area contributed by atoms with Gasteiger partial charge < -0.3 is 19.1 Å². The molecule has 0 aliphatic carbocycles. The Hall–Kier alpha value is -2.17. The van der Waals surface area contributed by atoms with Crippen LogP contribution in [0.4, 0.5) is 0 Å². The van der Waals surface area contributed by atoms with E-state index in [1.807, 2.05) is 29.0 Å². The van der Waals surface area contributed by atoms with Crippen LogP contribution in [-0.2, 0) is 11.3 Å². The summed E-state index contributed by atoms with van der Waals surface area (Å²) in [5, 5.41) is 9.67. The topological polar surface area (TPSA) is 60.7 Å². The Morgan fingerprint density at radius 1 is 1.32 bits per heavy atom. The molecule has 2 rings (SSSR count). The number of aliphatic carboxylic acids is 1. The van der Waals surface area contributed by atoms with Gasteiger partial charge in [-0.2, -0.15) is 0 Å². The van der Waals surface area contributed by atoms with Crippen molar-refractivity contribution in [2.24, 2.45) is 0 Å². The van der Waals surface area contributed by atoms with Crippen molar-refractivity contribution < 1.29 is 19.4 Å². The Bertz CT molecular complexity index is 588. The highest BCUT2D eigenvalue weighted by Crippen LogP contribution is 2.31. The van der Waals surface area contributed by atoms with E-state index in [2.05, 4.69) is 0 Å². The Morgan fingerprint density at radius 2 is 2.11 bits per heavy atom. The predicted molar refractivity (Wildman–Crippen MR) is 71.9 cm³/mol. The van der Waals surface area contributed by atoms with E-state index in [1.165, 1.54) is 0 Å². The number of rotatable bonds is 6. The molecule has 0 fully saturated rings. The van der Waals surface area contributed by atoms with Crippen molar-refractivity contribution in [3.05, 3.63) is 24.4 Å². The van der Waals surface area contributed by atoms with Crippen LogP contribution in [0, 0.1) is 0 Å². The van der Waals surface area contributed by atoms with Crippen LogP contribution in [0.2, 0.25) is 0 Å². The summed E-state index contributed by atoms with van der Waals surface area (Å²) in [6.07, 6.45) is 2.70. The number of fused-ring (bicyclic) bond motifs is 1. The first-order chi connectivity index (χ1) is 9.15. The molecule has 2 aromatic rings. The van der Waals surface area contributed by atoms with E-state index in [4.69, 9.17) is 14.6 Å². The summed E-state index contributed by atoms with van der Waals surface area (Å²) in [6.45, 7) is 0.659. The van der Waals surface area contributed by atoms with Crippen molar-refractivity contribution in [3.8, 4) is 11.5 Å². The van der Waals surface area contributed by atoms with E-state index in [0.29, 0.717) is 13.0 Å². The molecule has 0 saturated heterocycles. The zero-order valence-electron chi connectivity index (χ0n) is 11.0. The minimum Gasteiger partial charge on any atom is -0.497 e. The maximum Gasteiger partial charge on any atom is 0.303 e. The number of carbonyl (C=O) groups is 1. The maximum atomic E-state index is 10.5. The van der Waals surface area contributed by atoms with Crippen molar-refractivity contribution in [3.63, 3.8) is 0 Å². The molecule has 0 radical (unpaired) electrons. The van der Waals surface area contributed by atoms with Crippen molar-refractivity contribution in [1.29, 1.82) is 0 Å². The molecular weight excluding hydrogens is 246 g/mol. The molecule has 0 atom stereocenters. The summed E-state index contributed by atoms with van der Waals surface area (Å²) in [4.78, 5) is 10.5. The molecule has 0 saturated carbocycles. The van der Waals surface area contributed by atoms with Crippen LogP contribution in [0.5, 0.6) is 11.5 Å². The second-order valence-corrected chi connectivity index (χ2v) is 4.27. The molecule has 0 aliphatic rings. The van der Waals surface area contributed by atoms with Gasteiger partial charge in [0.2, 0.25) is 0 Å². The number of aryl methyl sites for hydroxylation is 1. The molecule has 102 valence electrons.